The fourth-order valence-electron chi connectivity index (χ4n) is 2.68. The van der Waals surface area contributed by atoms with Gasteiger partial charge in [0, 0.05) is 6.61 Å². The van der Waals surface area contributed by atoms with Crippen LogP contribution >= 0.6 is 11.3 Å². The number of amides is 2. The number of carbonyl (C=O) groups excluding carboxylic acids is 3. The lowest BCUT2D eigenvalue weighted by Crippen LogP contribution is -2.32. The van der Waals surface area contributed by atoms with Gasteiger partial charge in [-0.05, 0) is 25.0 Å². The first-order chi connectivity index (χ1) is 11.6. The number of hydroxylamine groups is 2. The molecule has 1 unspecified atom stereocenters. The first-order valence-corrected chi connectivity index (χ1v) is 8.24. The van der Waals surface area contributed by atoms with Crippen molar-refractivity contribution in [1.82, 2.24) is 10.0 Å². The molecule has 7 nitrogen and oxygen atoms in total. The van der Waals surface area contributed by atoms with Crippen LogP contribution in [0.1, 0.15) is 54.3 Å². The molecular weight excluding hydrogens is 332 g/mol. The van der Waals surface area contributed by atoms with Gasteiger partial charge in [0.2, 0.25) is 0 Å². The van der Waals surface area contributed by atoms with Gasteiger partial charge in [-0.2, -0.15) is 0 Å². The molecule has 0 spiro atoms. The summed E-state index contributed by atoms with van der Waals surface area (Å²) in [5.41, 5.74) is 0.444. The van der Waals surface area contributed by atoms with Crippen molar-refractivity contribution in [3.63, 3.8) is 0 Å². The third kappa shape index (κ3) is 2.40. The van der Waals surface area contributed by atoms with Gasteiger partial charge in [-0.1, -0.05) is 17.2 Å². The zero-order valence-corrected chi connectivity index (χ0v) is 13.2. The van der Waals surface area contributed by atoms with E-state index in [1.54, 1.807) is 12.1 Å². The van der Waals surface area contributed by atoms with E-state index in [1.807, 2.05) is 0 Å². The number of carbonyl (C=O) groups is 3. The van der Waals surface area contributed by atoms with Crippen LogP contribution in [-0.2, 0) is 9.57 Å². The largest absolute Gasteiger partial charge is 0.375 e. The van der Waals surface area contributed by atoms with Crippen LogP contribution in [0.5, 0.6) is 0 Å². The number of ether oxygens (including phenoxy) is 1. The maximum atomic E-state index is 12.2. The van der Waals surface area contributed by atoms with Crippen LogP contribution in [0.2, 0.25) is 0 Å². The first-order valence-electron chi connectivity index (χ1n) is 7.42. The molecule has 1 fully saturated rings. The highest BCUT2D eigenvalue weighted by Crippen LogP contribution is 2.32. The van der Waals surface area contributed by atoms with Crippen molar-refractivity contribution < 1.29 is 24.0 Å². The molecule has 0 aliphatic carbocycles. The molecule has 2 aromatic rings. The van der Waals surface area contributed by atoms with Crippen LogP contribution in [0.4, 0.5) is 0 Å². The number of hydrogen-bond acceptors (Lipinski definition) is 7. The molecule has 1 atom stereocenters. The Kier molecular flexibility index (Phi) is 3.62. The predicted octanol–water partition coefficient (Wildman–Crippen LogP) is 2.36. The van der Waals surface area contributed by atoms with Crippen molar-refractivity contribution in [3.05, 3.63) is 51.5 Å². The van der Waals surface area contributed by atoms with Crippen LogP contribution in [0, 0.1) is 0 Å². The van der Waals surface area contributed by atoms with Gasteiger partial charge in [-0.25, -0.2) is 9.78 Å². The number of thiazole rings is 1. The molecule has 0 radical (unpaired) electrons. The summed E-state index contributed by atoms with van der Waals surface area (Å²) in [5.74, 6) is -2.08. The molecule has 3 heterocycles. The average Bonchev–Trinajstić information content (AvgIpc) is 3.32. The van der Waals surface area contributed by atoms with Crippen LogP contribution in [-0.4, -0.2) is 34.4 Å². The summed E-state index contributed by atoms with van der Waals surface area (Å²) in [6.45, 7) is 0.680. The van der Waals surface area contributed by atoms with Crippen LogP contribution in [0.15, 0.2) is 30.5 Å². The Labute approximate surface area is 140 Å². The summed E-state index contributed by atoms with van der Waals surface area (Å²) in [4.78, 5) is 46.0. The third-order valence-electron chi connectivity index (χ3n) is 3.86. The van der Waals surface area contributed by atoms with Gasteiger partial charge in [-0.3, -0.25) is 9.59 Å². The Morgan fingerprint density at radius 2 is 1.96 bits per heavy atom. The minimum atomic E-state index is -0.786. The summed E-state index contributed by atoms with van der Waals surface area (Å²) in [5, 5.41) is 1.19. The predicted molar refractivity (Wildman–Crippen MR) is 82.4 cm³/mol. The van der Waals surface area contributed by atoms with Crippen molar-refractivity contribution in [2.75, 3.05) is 6.61 Å². The molecule has 0 N–H and O–H groups in total. The van der Waals surface area contributed by atoms with E-state index in [0.29, 0.717) is 16.7 Å². The van der Waals surface area contributed by atoms with Crippen molar-refractivity contribution in [2.45, 2.75) is 18.9 Å². The van der Waals surface area contributed by atoms with Gasteiger partial charge in [0.05, 0.1) is 17.3 Å². The van der Waals surface area contributed by atoms with Crippen LogP contribution < -0.4 is 0 Å². The molecular formula is C16H12N2O5S. The van der Waals surface area contributed by atoms with E-state index in [0.717, 1.165) is 24.2 Å². The number of hydrogen-bond donors (Lipinski definition) is 0. The van der Waals surface area contributed by atoms with Gasteiger partial charge in [0.25, 0.3) is 11.8 Å². The maximum absolute atomic E-state index is 12.2. The smallest absolute Gasteiger partial charge is 0.371 e. The summed E-state index contributed by atoms with van der Waals surface area (Å²) >= 11 is 1.15. The highest BCUT2D eigenvalue weighted by molar-refractivity contribution is 7.13. The molecule has 24 heavy (non-hydrogen) atoms. The van der Waals surface area contributed by atoms with E-state index >= 15 is 0 Å². The molecule has 1 aromatic heterocycles. The minimum Gasteiger partial charge on any atom is -0.371 e. The number of rotatable bonds is 3. The zero-order chi connectivity index (χ0) is 16.7. The van der Waals surface area contributed by atoms with E-state index in [1.165, 1.54) is 18.3 Å². The molecule has 0 bridgehead atoms. The second-order valence-electron chi connectivity index (χ2n) is 5.39. The SMILES string of the molecule is O=C(ON1C(=O)c2ccccc2C1=O)c1cnc(C2CCCO2)s1. The van der Waals surface area contributed by atoms with Crippen LogP contribution in [0.3, 0.4) is 0 Å². The molecule has 8 heteroatoms. The Morgan fingerprint density at radius 3 is 2.58 bits per heavy atom. The van der Waals surface area contributed by atoms with E-state index < -0.39 is 17.8 Å². The second-order valence-corrected chi connectivity index (χ2v) is 6.46. The number of imide groups is 1. The average molecular weight is 344 g/mol. The normalized spacial score (nSPS) is 19.7. The van der Waals surface area contributed by atoms with Crippen molar-refractivity contribution in [3.8, 4) is 0 Å². The molecule has 2 amide bonds. The molecule has 122 valence electrons. The monoisotopic (exact) mass is 344 g/mol. The maximum Gasteiger partial charge on any atom is 0.375 e. The lowest BCUT2D eigenvalue weighted by atomic mass is 10.1. The molecule has 4 rings (SSSR count). The van der Waals surface area contributed by atoms with E-state index in [-0.39, 0.29) is 22.1 Å². The van der Waals surface area contributed by atoms with E-state index in [4.69, 9.17) is 9.57 Å². The van der Waals surface area contributed by atoms with Gasteiger partial charge in [0.1, 0.15) is 16.0 Å². The zero-order valence-electron chi connectivity index (χ0n) is 12.4. The number of aromatic nitrogens is 1. The number of nitrogens with zero attached hydrogens (tertiary/aromatic N) is 2. The quantitative estimate of drug-likeness (QED) is 0.795. The Bertz CT molecular complexity index is 805. The standard InChI is InChI=1S/C16H12N2O5S/c19-14-9-4-1-2-5-10(9)15(20)18(14)23-16(21)12-8-17-13(24-12)11-6-3-7-22-11/h1-2,4-5,8,11H,3,6-7H2. The summed E-state index contributed by atoms with van der Waals surface area (Å²) in [6, 6.07) is 6.33. The molecule has 2 aliphatic rings. The van der Waals surface area contributed by atoms with Crippen LogP contribution in [0.25, 0.3) is 0 Å². The van der Waals surface area contributed by atoms with E-state index in [9.17, 15) is 14.4 Å². The van der Waals surface area contributed by atoms with Crippen molar-refractivity contribution >= 4 is 29.1 Å². The summed E-state index contributed by atoms with van der Waals surface area (Å²) in [7, 11) is 0. The topological polar surface area (TPSA) is 85.8 Å². The van der Waals surface area contributed by atoms with E-state index in [2.05, 4.69) is 4.98 Å². The lowest BCUT2D eigenvalue weighted by molar-refractivity contribution is -0.0581. The molecule has 1 aromatic carbocycles. The summed E-state index contributed by atoms with van der Waals surface area (Å²) in [6.07, 6.45) is 3.10. The summed E-state index contributed by atoms with van der Waals surface area (Å²) < 4.78 is 5.52. The molecule has 2 aliphatic heterocycles. The van der Waals surface area contributed by atoms with Gasteiger partial charge in [-0.15, -0.1) is 11.3 Å². The molecule has 1 saturated heterocycles. The Morgan fingerprint density at radius 1 is 1.25 bits per heavy atom. The minimum absolute atomic E-state index is 0.101. The van der Waals surface area contributed by atoms with Crippen molar-refractivity contribution in [2.24, 2.45) is 0 Å². The fraction of sp³-hybridized carbons (Fsp3) is 0.250. The number of benzene rings is 1. The molecule has 0 saturated carbocycles. The lowest BCUT2D eigenvalue weighted by Gasteiger charge is -2.11. The fourth-order valence-corrected chi connectivity index (χ4v) is 3.56. The van der Waals surface area contributed by atoms with Gasteiger partial charge >= 0.3 is 5.97 Å². The number of fused-ring (bicyclic) bond motifs is 1. The van der Waals surface area contributed by atoms with Gasteiger partial charge in [0.15, 0.2) is 0 Å². The highest BCUT2D eigenvalue weighted by atomic mass is 32.1. The van der Waals surface area contributed by atoms with Crippen molar-refractivity contribution in [1.29, 1.82) is 0 Å². The Hall–Kier alpha value is -2.58. The Balaban J connectivity index is 1.51. The third-order valence-corrected chi connectivity index (χ3v) is 4.93. The first kappa shape index (κ1) is 15.0. The second kappa shape index (κ2) is 5.81. The highest BCUT2D eigenvalue weighted by Gasteiger charge is 2.39. The van der Waals surface area contributed by atoms with Gasteiger partial charge < -0.3 is 9.57 Å².